The summed E-state index contributed by atoms with van der Waals surface area (Å²) in [6.07, 6.45) is 10.0. The number of unbranched alkanes of at least 4 members (excludes halogenated alkanes) is 7. The first-order valence-electron chi connectivity index (χ1n) is 7.59. The molecule has 0 amide bonds. The van der Waals surface area contributed by atoms with E-state index in [0.29, 0.717) is 12.8 Å². The van der Waals surface area contributed by atoms with Gasteiger partial charge in [-0.2, -0.15) is 8.42 Å². The third kappa shape index (κ3) is 11.4. The second kappa shape index (κ2) is 11.7. The van der Waals surface area contributed by atoms with Gasteiger partial charge in [0.05, 0.1) is 5.25 Å². The van der Waals surface area contributed by atoms with Crippen molar-refractivity contribution in [2.75, 3.05) is 6.61 Å². The summed E-state index contributed by atoms with van der Waals surface area (Å²) < 4.78 is 31.7. The van der Waals surface area contributed by atoms with Crippen LogP contribution in [0.5, 0.6) is 0 Å². The molecule has 4 nitrogen and oxygen atoms in total. The monoisotopic (exact) mass is 294 g/mol. The maximum atomic E-state index is 11.3. The summed E-state index contributed by atoms with van der Waals surface area (Å²) in [5.74, 6) is 0. The molecule has 19 heavy (non-hydrogen) atoms. The van der Waals surface area contributed by atoms with Gasteiger partial charge in [-0.1, -0.05) is 58.3 Å². The molecular formula is C14H30O4S. The number of hydrogen-bond acceptors (Lipinski definition) is 3. The van der Waals surface area contributed by atoms with Crippen LogP contribution in [-0.2, 0) is 10.1 Å². The lowest BCUT2D eigenvalue weighted by Gasteiger charge is -2.13. The van der Waals surface area contributed by atoms with Crippen LogP contribution in [0.25, 0.3) is 0 Å². The first kappa shape index (κ1) is 18.9. The van der Waals surface area contributed by atoms with Crippen LogP contribution in [0.4, 0.5) is 0 Å². The first-order valence-corrected chi connectivity index (χ1v) is 9.09. The number of aliphatic hydroxyl groups excluding tert-OH is 1. The van der Waals surface area contributed by atoms with Crippen molar-refractivity contribution in [1.29, 1.82) is 0 Å². The Bertz CT molecular complexity index is 288. The van der Waals surface area contributed by atoms with Crippen LogP contribution in [0, 0.1) is 0 Å². The normalized spacial score (nSPS) is 13.6. The van der Waals surface area contributed by atoms with E-state index in [0.717, 1.165) is 57.8 Å². The Morgan fingerprint density at radius 2 is 1.32 bits per heavy atom. The zero-order chi connectivity index (χ0) is 14.6. The molecule has 0 heterocycles. The quantitative estimate of drug-likeness (QED) is 0.402. The zero-order valence-electron chi connectivity index (χ0n) is 12.2. The molecule has 0 aliphatic carbocycles. The number of hydrogen-bond donors (Lipinski definition) is 2. The van der Waals surface area contributed by atoms with Crippen molar-refractivity contribution in [3.8, 4) is 0 Å². The molecule has 0 aromatic carbocycles. The minimum Gasteiger partial charge on any atom is -0.396 e. The smallest absolute Gasteiger partial charge is 0.267 e. The number of rotatable bonds is 13. The Kier molecular flexibility index (Phi) is 11.6. The van der Waals surface area contributed by atoms with Crippen molar-refractivity contribution >= 4 is 10.1 Å². The third-order valence-corrected chi connectivity index (χ3v) is 4.80. The van der Waals surface area contributed by atoms with Gasteiger partial charge in [-0.25, -0.2) is 0 Å². The maximum absolute atomic E-state index is 11.3. The van der Waals surface area contributed by atoms with Crippen LogP contribution in [-0.4, -0.2) is 29.9 Å². The Hall–Kier alpha value is -0.130. The van der Waals surface area contributed by atoms with Gasteiger partial charge < -0.3 is 5.11 Å². The highest BCUT2D eigenvalue weighted by atomic mass is 32.2. The summed E-state index contributed by atoms with van der Waals surface area (Å²) in [6, 6.07) is 0. The van der Waals surface area contributed by atoms with Gasteiger partial charge in [0.15, 0.2) is 0 Å². The molecule has 0 bridgehead atoms. The van der Waals surface area contributed by atoms with Gasteiger partial charge in [0.1, 0.15) is 0 Å². The van der Waals surface area contributed by atoms with Crippen LogP contribution in [0.15, 0.2) is 0 Å². The van der Waals surface area contributed by atoms with E-state index in [1.807, 2.05) is 0 Å². The van der Waals surface area contributed by atoms with Crippen molar-refractivity contribution in [1.82, 2.24) is 0 Å². The van der Waals surface area contributed by atoms with Gasteiger partial charge in [-0.15, -0.1) is 0 Å². The highest BCUT2D eigenvalue weighted by Crippen LogP contribution is 2.18. The molecule has 1 unspecified atom stereocenters. The molecule has 5 heteroatoms. The molecule has 0 aliphatic heterocycles. The average Bonchev–Trinajstić information content (AvgIpc) is 2.34. The second-order valence-electron chi connectivity index (χ2n) is 5.27. The van der Waals surface area contributed by atoms with Gasteiger partial charge in [0, 0.05) is 6.61 Å². The lowest BCUT2D eigenvalue weighted by molar-refractivity contribution is 0.282. The van der Waals surface area contributed by atoms with E-state index in [2.05, 4.69) is 6.92 Å². The van der Waals surface area contributed by atoms with E-state index in [1.54, 1.807) is 0 Å². The molecule has 2 N–H and O–H groups in total. The van der Waals surface area contributed by atoms with Gasteiger partial charge in [-0.05, 0) is 19.3 Å². The fourth-order valence-electron chi connectivity index (χ4n) is 2.26. The highest BCUT2D eigenvalue weighted by Gasteiger charge is 2.21. The van der Waals surface area contributed by atoms with Crippen LogP contribution in [0.3, 0.4) is 0 Å². The summed E-state index contributed by atoms with van der Waals surface area (Å²) in [4.78, 5) is 0. The van der Waals surface area contributed by atoms with Crippen molar-refractivity contribution in [2.45, 2.75) is 82.8 Å². The summed E-state index contributed by atoms with van der Waals surface area (Å²) >= 11 is 0. The zero-order valence-corrected chi connectivity index (χ0v) is 13.0. The van der Waals surface area contributed by atoms with Crippen molar-refractivity contribution < 1.29 is 18.1 Å². The molecule has 0 saturated heterocycles. The first-order chi connectivity index (χ1) is 9.02. The summed E-state index contributed by atoms with van der Waals surface area (Å²) in [5, 5.41) is 8.07. The van der Waals surface area contributed by atoms with Crippen molar-refractivity contribution in [3.05, 3.63) is 0 Å². The standard InChI is InChI=1S/C14H30O4S/c1-2-3-8-11-14(19(16,17)18)12-9-6-4-5-7-10-13-15/h14-15H,2-13H2,1H3,(H,16,17,18). The second-order valence-corrected chi connectivity index (χ2v) is 6.96. The Morgan fingerprint density at radius 1 is 0.842 bits per heavy atom. The summed E-state index contributed by atoms with van der Waals surface area (Å²) in [6.45, 7) is 2.33. The van der Waals surface area contributed by atoms with Crippen molar-refractivity contribution in [2.24, 2.45) is 0 Å². The molecule has 0 fully saturated rings. The third-order valence-electron chi connectivity index (χ3n) is 3.49. The average molecular weight is 294 g/mol. The van der Waals surface area contributed by atoms with Gasteiger partial charge in [-0.3, -0.25) is 4.55 Å². The predicted molar refractivity (Wildman–Crippen MR) is 78.9 cm³/mol. The molecule has 0 radical (unpaired) electrons. The lowest BCUT2D eigenvalue weighted by Crippen LogP contribution is -2.20. The Labute approximate surface area is 118 Å². The van der Waals surface area contributed by atoms with Crippen LogP contribution in [0.2, 0.25) is 0 Å². The lowest BCUT2D eigenvalue weighted by atomic mass is 10.0. The molecule has 1 atom stereocenters. The van der Waals surface area contributed by atoms with Gasteiger partial charge >= 0.3 is 0 Å². The molecule has 116 valence electrons. The topological polar surface area (TPSA) is 74.6 Å². The SMILES string of the molecule is CCCCCC(CCCCCCCCO)S(=O)(=O)O. The van der Waals surface area contributed by atoms with E-state index in [-0.39, 0.29) is 6.61 Å². The van der Waals surface area contributed by atoms with E-state index in [4.69, 9.17) is 5.11 Å². The molecule has 0 aromatic rings. The summed E-state index contributed by atoms with van der Waals surface area (Å²) in [7, 11) is -3.88. The highest BCUT2D eigenvalue weighted by molar-refractivity contribution is 7.86. The van der Waals surface area contributed by atoms with Crippen LogP contribution in [0.1, 0.15) is 77.6 Å². The minimum atomic E-state index is -3.88. The minimum absolute atomic E-state index is 0.252. The van der Waals surface area contributed by atoms with Crippen LogP contribution >= 0.6 is 0 Å². The molecular weight excluding hydrogens is 264 g/mol. The van der Waals surface area contributed by atoms with Crippen LogP contribution < -0.4 is 0 Å². The molecule has 0 rings (SSSR count). The Balaban J connectivity index is 3.75. The number of aliphatic hydroxyl groups is 1. The van der Waals surface area contributed by atoms with Gasteiger partial charge in [0.2, 0.25) is 0 Å². The Morgan fingerprint density at radius 3 is 1.79 bits per heavy atom. The van der Waals surface area contributed by atoms with E-state index < -0.39 is 15.4 Å². The predicted octanol–water partition coefficient (Wildman–Crippen LogP) is 3.55. The van der Waals surface area contributed by atoms with Gasteiger partial charge in [0.25, 0.3) is 10.1 Å². The maximum Gasteiger partial charge on any atom is 0.267 e. The van der Waals surface area contributed by atoms with Crippen molar-refractivity contribution in [3.63, 3.8) is 0 Å². The van der Waals surface area contributed by atoms with E-state index >= 15 is 0 Å². The fourth-order valence-corrected chi connectivity index (χ4v) is 3.18. The van der Waals surface area contributed by atoms with E-state index in [1.165, 1.54) is 0 Å². The molecule has 0 aromatic heterocycles. The fraction of sp³-hybridized carbons (Fsp3) is 1.00. The molecule has 0 aliphatic rings. The summed E-state index contributed by atoms with van der Waals surface area (Å²) in [5.41, 5.74) is 0. The largest absolute Gasteiger partial charge is 0.396 e. The molecule has 0 saturated carbocycles. The molecule has 0 spiro atoms. The van der Waals surface area contributed by atoms with E-state index in [9.17, 15) is 13.0 Å².